The van der Waals surface area contributed by atoms with E-state index in [2.05, 4.69) is 32.7 Å². The number of carbonyl (C=O) groups excluding carboxylic acids is 1. The van der Waals surface area contributed by atoms with Gasteiger partial charge in [-0.05, 0) is 22.4 Å². The predicted molar refractivity (Wildman–Crippen MR) is 56.2 cm³/mol. The number of rotatable bonds is 4. The Morgan fingerprint density at radius 1 is 1.71 bits per heavy atom. The first kappa shape index (κ1) is 11.2. The summed E-state index contributed by atoms with van der Waals surface area (Å²) in [6.45, 7) is 2.84. The fourth-order valence-corrected chi connectivity index (χ4v) is 1.60. The molecule has 0 spiro atoms. The van der Waals surface area contributed by atoms with Gasteiger partial charge in [-0.1, -0.05) is 13.3 Å². The summed E-state index contributed by atoms with van der Waals surface area (Å²) >= 11 is 3.27. The molecule has 78 valence electrons. The molecule has 0 saturated heterocycles. The first-order valence-electron chi connectivity index (χ1n) is 4.50. The lowest BCUT2D eigenvalue weighted by Crippen LogP contribution is -2.12. The summed E-state index contributed by atoms with van der Waals surface area (Å²) < 4.78 is 7.01. The molecule has 0 unspecified atom stereocenters. The van der Waals surface area contributed by atoms with Crippen LogP contribution in [-0.4, -0.2) is 22.9 Å². The van der Waals surface area contributed by atoms with E-state index in [0.29, 0.717) is 10.2 Å². The summed E-state index contributed by atoms with van der Waals surface area (Å²) in [4.78, 5) is 11.4. The van der Waals surface area contributed by atoms with Crippen LogP contribution in [0, 0.1) is 0 Å². The summed E-state index contributed by atoms with van der Waals surface area (Å²) in [5.41, 5.74) is 0.487. The normalized spacial score (nSPS) is 10.2. The molecule has 0 aliphatic carbocycles. The van der Waals surface area contributed by atoms with Crippen molar-refractivity contribution in [1.29, 1.82) is 0 Å². The molecule has 0 amide bonds. The summed E-state index contributed by atoms with van der Waals surface area (Å²) in [6, 6.07) is 0. The van der Waals surface area contributed by atoms with Gasteiger partial charge in [0, 0.05) is 6.54 Å². The van der Waals surface area contributed by atoms with Crippen LogP contribution in [0.5, 0.6) is 0 Å². The van der Waals surface area contributed by atoms with E-state index in [4.69, 9.17) is 0 Å². The Balaban J connectivity index is 2.88. The predicted octanol–water partition coefficient (Wildman–Crippen LogP) is 2.23. The standard InChI is InChI=1S/C9H13BrN2O2/c1-3-4-5-12-8(9(13)14-2)7(10)6-11-12/h6H,3-5H2,1-2H3. The molecular formula is C9H13BrN2O2. The lowest BCUT2D eigenvalue weighted by molar-refractivity contribution is 0.0585. The SMILES string of the molecule is CCCCn1ncc(Br)c1C(=O)OC. The monoisotopic (exact) mass is 260 g/mol. The molecule has 0 atom stereocenters. The van der Waals surface area contributed by atoms with Crippen molar-refractivity contribution in [3.05, 3.63) is 16.4 Å². The smallest absolute Gasteiger partial charge is 0.357 e. The van der Waals surface area contributed by atoms with E-state index < -0.39 is 0 Å². The van der Waals surface area contributed by atoms with Gasteiger partial charge in [0.25, 0.3) is 0 Å². The number of ether oxygens (including phenoxy) is 1. The number of halogens is 1. The minimum absolute atomic E-state index is 0.356. The Labute approximate surface area is 91.4 Å². The van der Waals surface area contributed by atoms with E-state index in [1.165, 1.54) is 7.11 Å². The summed E-state index contributed by atoms with van der Waals surface area (Å²) in [7, 11) is 1.37. The van der Waals surface area contributed by atoms with Gasteiger partial charge in [-0.2, -0.15) is 5.10 Å². The van der Waals surface area contributed by atoms with Gasteiger partial charge in [-0.15, -0.1) is 0 Å². The Bertz CT molecular complexity index is 323. The van der Waals surface area contributed by atoms with Crippen molar-refractivity contribution in [3.8, 4) is 0 Å². The molecule has 0 aliphatic rings. The Hall–Kier alpha value is -0.840. The molecular weight excluding hydrogens is 248 g/mol. The lowest BCUT2D eigenvalue weighted by atomic mass is 10.3. The highest BCUT2D eigenvalue weighted by Crippen LogP contribution is 2.17. The van der Waals surface area contributed by atoms with E-state index in [9.17, 15) is 4.79 Å². The molecule has 0 saturated carbocycles. The number of aromatic nitrogens is 2. The van der Waals surface area contributed by atoms with E-state index in [1.54, 1.807) is 10.9 Å². The zero-order valence-electron chi connectivity index (χ0n) is 8.29. The molecule has 1 heterocycles. The zero-order valence-corrected chi connectivity index (χ0v) is 9.87. The third kappa shape index (κ3) is 2.35. The average Bonchev–Trinajstić information content (AvgIpc) is 2.55. The fourth-order valence-electron chi connectivity index (χ4n) is 1.14. The average molecular weight is 261 g/mol. The van der Waals surface area contributed by atoms with Crippen molar-refractivity contribution in [2.24, 2.45) is 0 Å². The molecule has 0 aromatic carbocycles. The maximum atomic E-state index is 11.4. The molecule has 0 fully saturated rings. The number of aryl methyl sites for hydroxylation is 1. The van der Waals surface area contributed by atoms with Crippen LogP contribution in [0.25, 0.3) is 0 Å². The molecule has 1 rings (SSSR count). The van der Waals surface area contributed by atoms with Crippen molar-refractivity contribution in [2.75, 3.05) is 7.11 Å². The van der Waals surface area contributed by atoms with Gasteiger partial charge >= 0.3 is 5.97 Å². The number of hydrogen-bond donors (Lipinski definition) is 0. The first-order valence-corrected chi connectivity index (χ1v) is 5.29. The van der Waals surface area contributed by atoms with Crippen molar-refractivity contribution in [2.45, 2.75) is 26.3 Å². The highest BCUT2D eigenvalue weighted by atomic mass is 79.9. The molecule has 1 aromatic heterocycles. The fraction of sp³-hybridized carbons (Fsp3) is 0.556. The number of methoxy groups -OCH3 is 1. The van der Waals surface area contributed by atoms with Gasteiger partial charge in [0.2, 0.25) is 0 Å². The van der Waals surface area contributed by atoms with Gasteiger partial charge in [0.05, 0.1) is 17.8 Å². The quantitative estimate of drug-likeness (QED) is 0.780. The minimum atomic E-state index is -0.356. The largest absolute Gasteiger partial charge is 0.464 e. The lowest BCUT2D eigenvalue weighted by Gasteiger charge is -2.04. The van der Waals surface area contributed by atoms with E-state index >= 15 is 0 Å². The molecule has 0 aliphatic heterocycles. The second-order valence-corrected chi connectivity index (χ2v) is 3.76. The van der Waals surface area contributed by atoms with Crippen LogP contribution < -0.4 is 0 Å². The second kappa shape index (κ2) is 5.14. The number of esters is 1. The van der Waals surface area contributed by atoms with Crippen molar-refractivity contribution >= 4 is 21.9 Å². The third-order valence-electron chi connectivity index (χ3n) is 1.90. The molecule has 1 aromatic rings. The number of nitrogens with zero attached hydrogens (tertiary/aromatic N) is 2. The number of hydrogen-bond acceptors (Lipinski definition) is 3. The second-order valence-electron chi connectivity index (χ2n) is 2.91. The minimum Gasteiger partial charge on any atom is -0.464 e. The van der Waals surface area contributed by atoms with E-state index in [1.807, 2.05) is 0 Å². The van der Waals surface area contributed by atoms with Crippen LogP contribution in [0.3, 0.4) is 0 Å². The molecule has 5 heteroatoms. The number of carbonyl (C=O) groups is 1. The molecule has 14 heavy (non-hydrogen) atoms. The maximum absolute atomic E-state index is 11.4. The van der Waals surface area contributed by atoms with E-state index in [0.717, 1.165) is 19.4 Å². The van der Waals surface area contributed by atoms with Crippen LogP contribution in [0.4, 0.5) is 0 Å². The Morgan fingerprint density at radius 3 is 3.00 bits per heavy atom. The van der Waals surface area contributed by atoms with Gasteiger partial charge in [0.1, 0.15) is 0 Å². The third-order valence-corrected chi connectivity index (χ3v) is 2.48. The van der Waals surface area contributed by atoms with Crippen molar-refractivity contribution in [3.63, 3.8) is 0 Å². The summed E-state index contributed by atoms with van der Waals surface area (Å²) in [5.74, 6) is -0.356. The Kier molecular flexibility index (Phi) is 4.13. The molecule has 4 nitrogen and oxygen atoms in total. The van der Waals surface area contributed by atoms with Crippen molar-refractivity contribution < 1.29 is 9.53 Å². The van der Waals surface area contributed by atoms with Crippen LogP contribution in [-0.2, 0) is 11.3 Å². The van der Waals surface area contributed by atoms with Gasteiger partial charge in [0.15, 0.2) is 5.69 Å². The van der Waals surface area contributed by atoms with Crippen LogP contribution in [0.2, 0.25) is 0 Å². The van der Waals surface area contributed by atoms with Crippen molar-refractivity contribution in [1.82, 2.24) is 9.78 Å². The molecule has 0 N–H and O–H groups in total. The van der Waals surface area contributed by atoms with Crippen LogP contribution in [0.15, 0.2) is 10.7 Å². The van der Waals surface area contributed by atoms with Gasteiger partial charge < -0.3 is 4.74 Å². The summed E-state index contributed by atoms with van der Waals surface area (Å²) in [6.07, 6.45) is 3.68. The molecule has 0 radical (unpaired) electrons. The highest BCUT2D eigenvalue weighted by molar-refractivity contribution is 9.10. The van der Waals surface area contributed by atoms with Crippen LogP contribution in [0.1, 0.15) is 30.3 Å². The zero-order chi connectivity index (χ0) is 10.6. The van der Waals surface area contributed by atoms with Gasteiger partial charge in [-0.3, -0.25) is 4.68 Å². The van der Waals surface area contributed by atoms with E-state index in [-0.39, 0.29) is 5.97 Å². The summed E-state index contributed by atoms with van der Waals surface area (Å²) in [5, 5.41) is 4.09. The topological polar surface area (TPSA) is 44.1 Å². The van der Waals surface area contributed by atoms with Crippen LogP contribution >= 0.6 is 15.9 Å². The maximum Gasteiger partial charge on any atom is 0.357 e. The highest BCUT2D eigenvalue weighted by Gasteiger charge is 2.16. The first-order chi connectivity index (χ1) is 6.70. The Morgan fingerprint density at radius 2 is 2.43 bits per heavy atom. The molecule has 0 bridgehead atoms. The number of unbranched alkanes of at least 4 members (excludes halogenated alkanes) is 1. The van der Waals surface area contributed by atoms with Gasteiger partial charge in [-0.25, -0.2) is 4.79 Å².